The van der Waals surface area contributed by atoms with Crippen LogP contribution in [0, 0.1) is 46.4 Å². The van der Waals surface area contributed by atoms with Gasteiger partial charge in [0.05, 0.1) is 46.4 Å². The molecule has 0 fully saturated rings. The Bertz CT molecular complexity index is 422. The molecule has 0 bridgehead atoms. The highest BCUT2D eigenvalue weighted by molar-refractivity contribution is 5.53. The Balaban J connectivity index is 5.42. The van der Waals surface area contributed by atoms with Gasteiger partial charge in [0.2, 0.25) is 0 Å². The summed E-state index contributed by atoms with van der Waals surface area (Å²) in [5, 5.41) is 42.9. The lowest BCUT2D eigenvalue weighted by Gasteiger charge is -2.19. The average Bonchev–Trinajstić information content (AvgIpc) is 2.36. The zero-order chi connectivity index (χ0) is 17.0. The molecule has 0 radical (unpaired) electrons. The normalized spacial score (nSPS) is 12.0. The van der Waals surface area contributed by atoms with Crippen LogP contribution in [-0.2, 0) is 4.79 Å². The molecule has 13 heteroatoms. The highest BCUT2D eigenvalue weighted by Crippen LogP contribution is 2.28. The Morgan fingerprint density at radius 2 is 1.05 bits per heavy atom. The standard InChI is InChI=1S/C8H12N4O9/c1-7(9(14)15,10(16)17)3-6(5-13)4-8(2,11(18)19)12(20)21/h5-6H,3-4H2,1-2H3. The molecule has 0 aromatic carbocycles. The maximum atomic E-state index is 10.9. The first-order chi connectivity index (χ1) is 9.41. The summed E-state index contributed by atoms with van der Waals surface area (Å²) in [5.74, 6) is -1.59. The number of rotatable bonds is 9. The zero-order valence-corrected chi connectivity index (χ0v) is 11.0. The van der Waals surface area contributed by atoms with Crippen LogP contribution in [0.1, 0.15) is 26.7 Å². The van der Waals surface area contributed by atoms with Gasteiger partial charge in [-0.15, -0.1) is 0 Å². The first-order valence-corrected chi connectivity index (χ1v) is 5.45. The van der Waals surface area contributed by atoms with Crippen LogP contribution in [0.3, 0.4) is 0 Å². The zero-order valence-electron chi connectivity index (χ0n) is 11.0. The Kier molecular flexibility index (Phi) is 5.35. The molecule has 0 saturated carbocycles. The summed E-state index contributed by atoms with van der Waals surface area (Å²) in [4.78, 5) is 48.8. The van der Waals surface area contributed by atoms with Crippen LogP contribution >= 0.6 is 0 Å². The van der Waals surface area contributed by atoms with Gasteiger partial charge in [-0.25, -0.2) is 0 Å². The van der Waals surface area contributed by atoms with E-state index in [-0.39, 0.29) is 6.29 Å². The van der Waals surface area contributed by atoms with E-state index in [1.165, 1.54) is 0 Å². The van der Waals surface area contributed by atoms with E-state index < -0.39 is 49.8 Å². The molecule has 0 unspecified atom stereocenters. The minimum Gasteiger partial charge on any atom is -0.303 e. The highest BCUT2D eigenvalue weighted by atomic mass is 16.7. The fraction of sp³-hybridized carbons (Fsp3) is 0.875. The van der Waals surface area contributed by atoms with Crippen LogP contribution in [0.25, 0.3) is 0 Å². The van der Waals surface area contributed by atoms with E-state index in [9.17, 15) is 45.3 Å². The maximum Gasteiger partial charge on any atom is 0.456 e. The monoisotopic (exact) mass is 308 g/mol. The van der Waals surface area contributed by atoms with E-state index in [4.69, 9.17) is 0 Å². The Labute approximate surface area is 116 Å². The third-order valence-corrected chi connectivity index (χ3v) is 3.06. The predicted molar refractivity (Wildman–Crippen MR) is 63.6 cm³/mol. The molecule has 0 rings (SSSR count). The van der Waals surface area contributed by atoms with Crippen molar-refractivity contribution in [3.05, 3.63) is 40.5 Å². The van der Waals surface area contributed by atoms with Crippen LogP contribution in [0.5, 0.6) is 0 Å². The molecule has 0 aromatic heterocycles. The minimum absolute atomic E-state index is 0.0104. The molecule has 0 saturated heterocycles. The van der Waals surface area contributed by atoms with Crippen molar-refractivity contribution < 1.29 is 24.5 Å². The number of aldehydes is 1. The number of hydrogen-bond acceptors (Lipinski definition) is 9. The molecule has 0 aliphatic carbocycles. The first-order valence-electron chi connectivity index (χ1n) is 5.45. The van der Waals surface area contributed by atoms with Gasteiger partial charge in [0, 0.05) is 5.92 Å². The van der Waals surface area contributed by atoms with Gasteiger partial charge in [-0.05, 0) is 0 Å². The summed E-state index contributed by atoms with van der Waals surface area (Å²) in [6.07, 6.45) is -1.97. The van der Waals surface area contributed by atoms with Crippen molar-refractivity contribution in [2.75, 3.05) is 0 Å². The van der Waals surface area contributed by atoms with Gasteiger partial charge in [0.25, 0.3) is 0 Å². The van der Waals surface area contributed by atoms with E-state index in [2.05, 4.69) is 0 Å². The number of hydrogen-bond donors (Lipinski definition) is 0. The molecule has 0 spiro atoms. The molecular formula is C8H12N4O9. The summed E-state index contributed by atoms with van der Waals surface area (Å²) in [5.41, 5.74) is -5.53. The molecule has 0 aliphatic rings. The van der Waals surface area contributed by atoms with E-state index in [0.717, 1.165) is 0 Å². The molecule has 0 heterocycles. The number of carbonyl (C=O) groups excluding carboxylic acids is 1. The van der Waals surface area contributed by atoms with Crippen molar-refractivity contribution in [2.24, 2.45) is 5.92 Å². The van der Waals surface area contributed by atoms with E-state index >= 15 is 0 Å². The van der Waals surface area contributed by atoms with Gasteiger partial charge >= 0.3 is 11.3 Å². The largest absolute Gasteiger partial charge is 0.456 e. The maximum absolute atomic E-state index is 10.9. The van der Waals surface area contributed by atoms with Gasteiger partial charge in [0.15, 0.2) is 0 Å². The van der Waals surface area contributed by atoms with E-state index in [0.29, 0.717) is 13.8 Å². The number of carbonyl (C=O) groups is 1. The van der Waals surface area contributed by atoms with Crippen LogP contribution in [0.2, 0.25) is 0 Å². The third-order valence-electron chi connectivity index (χ3n) is 3.06. The van der Waals surface area contributed by atoms with Gasteiger partial charge < -0.3 is 4.79 Å². The smallest absolute Gasteiger partial charge is 0.303 e. The predicted octanol–water partition coefficient (Wildman–Crippen LogP) is 0.121. The molecule has 13 nitrogen and oxygen atoms in total. The lowest BCUT2D eigenvalue weighted by molar-refractivity contribution is -0.800. The number of nitro groups is 4. The van der Waals surface area contributed by atoms with Gasteiger partial charge in [-0.3, -0.25) is 40.5 Å². The second-order valence-corrected chi connectivity index (χ2v) is 4.77. The van der Waals surface area contributed by atoms with Crippen LogP contribution in [0.4, 0.5) is 0 Å². The summed E-state index contributed by atoms with van der Waals surface area (Å²) in [6.45, 7) is 1.25. The summed E-state index contributed by atoms with van der Waals surface area (Å²) < 4.78 is 0. The van der Waals surface area contributed by atoms with Crippen molar-refractivity contribution in [2.45, 2.75) is 38.0 Å². The van der Waals surface area contributed by atoms with Gasteiger partial charge in [-0.2, -0.15) is 0 Å². The lowest BCUT2D eigenvalue weighted by atomic mass is 9.90. The molecule has 0 aliphatic heterocycles. The Morgan fingerprint density at radius 3 is 1.19 bits per heavy atom. The molecule has 0 N–H and O–H groups in total. The second-order valence-electron chi connectivity index (χ2n) is 4.77. The fourth-order valence-corrected chi connectivity index (χ4v) is 1.59. The minimum atomic E-state index is -2.76. The molecule has 21 heavy (non-hydrogen) atoms. The Morgan fingerprint density at radius 1 is 0.810 bits per heavy atom. The van der Waals surface area contributed by atoms with Crippen molar-refractivity contribution in [3.8, 4) is 0 Å². The van der Waals surface area contributed by atoms with Gasteiger partial charge in [0.1, 0.15) is 6.29 Å². The summed E-state index contributed by atoms with van der Waals surface area (Å²) in [7, 11) is 0. The molecule has 118 valence electrons. The fourth-order valence-electron chi connectivity index (χ4n) is 1.59. The van der Waals surface area contributed by atoms with Crippen LogP contribution in [0.15, 0.2) is 0 Å². The lowest BCUT2D eigenvalue weighted by Crippen LogP contribution is -2.49. The summed E-state index contributed by atoms with van der Waals surface area (Å²) in [6, 6.07) is 0. The summed E-state index contributed by atoms with van der Waals surface area (Å²) >= 11 is 0. The second kappa shape index (κ2) is 6.15. The topological polar surface area (TPSA) is 190 Å². The number of nitrogens with zero attached hydrogens (tertiary/aromatic N) is 4. The van der Waals surface area contributed by atoms with Gasteiger partial charge in [-0.1, -0.05) is 0 Å². The van der Waals surface area contributed by atoms with Crippen molar-refractivity contribution >= 4 is 6.29 Å². The van der Waals surface area contributed by atoms with Crippen molar-refractivity contribution in [3.63, 3.8) is 0 Å². The average molecular weight is 308 g/mol. The van der Waals surface area contributed by atoms with Crippen molar-refractivity contribution in [1.82, 2.24) is 0 Å². The first kappa shape index (κ1) is 18.3. The quantitative estimate of drug-likeness (QED) is 0.246. The van der Waals surface area contributed by atoms with E-state index in [1.54, 1.807) is 0 Å². The van der Waals surface area contributed by atoms with Crippen LogP contribution in [-0.4, -0.2) is 37.3 Å². The van der Waals surface area contributed by atoms with Crippen molar-refractivity contribution in [1.29, 1.82) is 0 Å². The third kappa shape index (κ3) is 3.64. The SMILES string of the molecule is CC(CC(C=O)CC(C)([N+](=O)[O-])[N+](=O)[O-])([N+](=O)[O-])[N+](=O)[O-]. The van der Waals surface area contributed by atoms with Crippen LogP contribution < -0.4 is 0 Å². The molecule has 0 atom stereocenters. The molecule has 0 aromatic rings. The Hall–Kier alpha value is -2.73. The van der Waals surface area contributed by atoms with E-state index in [1.807, 2.05) is 0 Å². The molecule has 0 amide bonds. The highest BCUT2D eigenvalue weighted by Gasteiger charge is 2.57. The molecular weight excluding hydrogens is 296 g/mol.